The zero-order valence-electron chi connectivity index (χ0n) is 19.3. The monoisotopic (exact) mass is 451 g/mol. The molecule has 2 bridgehead atoms. The average Bonchev–Trinajstić information content (AvgIpc) is 3.08. The Balaban J connectivity index is 1.51. The van der Waals surface area contributed by atoms with Crippen molar-refractivity contribution < 1.29 is 19.5 Å². The van der Waals surface area contributed by atoms with Gasteiger partial charge in [0.05, 0.1) is 23.1 Å². The van der Waals surface area contributed by atoms with Crippen molar-refractivity contribution in [3.8, 4) is 0 Å². The zero-order valence-corrected chi connectivity index (χ0v) is 19.3. The number of aromatic carboxylic acids is 1. The first kappa shape index (κ1) is 20.8. The van der Waals surface area contributed by atoms with E-state index in [1.165, 1.54) is 22.6 Å². The number of rotatable bonds is 2. The first-order valence-corrected chi connectivity index (χ1v) is 11.6. The standard InChI is InChI=1S/C29H25NO4/c1-29(2,3)16-10-13-20-21(14-16)23-19-7-5-4-6-18(19)22(20)24-25(23)27(32)30(26(24)31)17-11-8-15(9-12-17)28(33)34/h4-14,22-25H,1-3H3,(H,33,34). The zero-order chi connectivity index (χ0) is 23.9. The summed E-state index contributed by atoms with van der Waals surface area (Å²) < 4.78 is 0. The van der Waals surface area contributed by atoms with Gasteiger partial charge in [0.25, 0.3) is 0 Å². The van der Waals surface area contributed by atoms with Crippen molar-refractivity contribution in [2.75, 3.05) is 4.90 Å². The number of carbonyl (C=O) groups is 3. The van der Waals surface area contributed by atoms with Crippen LogP contribution in [0.4, 0.5) is 5.69 Å². The maximum atomic E-state index is 13.8. The van der Waals surface area contributed by atoms with Gasteiger partial charge in [-0.05, 0) is 57.5 Å². The molecule has 170 valence electrons. The van der Waals surface area contributed by atoms with Gasteiger partial charge in [-0.2, -0.15) is 0 Å². The van der Waals surface area contributed by atoms with Crippen molar-refractivity contribution in [1.29, 1.82) is 0 Å². The molecular weight excluding hydrogens is 426 g/mol. The van der Waals surface area contributed by atoms with Gasteiger partial charge in [-0.15, -0.1) is 0 Å². The Kier molecular flexibility index (Phi) is 4.22. The van der Waals surface area contributed by atoms with Crippen LogP contribution in [0, 0.1) is 11.8 Å². The van der Waals surface area contributed by atoms with E-state index < -0.39 is 17.8 Å². The third-order valence-corrected chi connectivity index (χ3v) is 7.78. The molecular formula is C29H25NO4. The van der Waals surface area contributed by atoms with Crippen molar-refractivity contribution in [2.45, 2.75) is 38.0 Å². The van der Waals surface area contributed by atoms with E-state index in [0.29, 0.717) is 5.69 Å². The van der Waals surface area contributed by atoms with Crippen LogP contribution in [0.15, 0.2) is 66.7 Å². The molecule has 1 N–H and O–H groups in total. The number of carboxylic acid groups (broad SMARTS) is 1. The summed E-state index contributed by atoms with van der Waals surface area (Å²) in [7, 11) is 0. The van der Waals surface area contributed by atoms with Crippen LogP contribution in [0.5, 0.6) is 0 Å². The van der Waals surface area contributed by atoms with Gasteiger partial charge in [-0.25, -0.2) is 9.69 Å². The quantitative estimate of drug-likeness (QED) is 0.552. The number of hydrogen-bond donors (Lipinski definition) is 1. The van der Waals surface area contributed by atoms with E-state index in [1.54, 1.807) is 12.1 Å². The second-order valence-corrected chi connectivity index (χ2v) is 10.6. The molecule has 5 heteroatoms. The van der Waals surface area contributed by atoms with Crippen LogP contribution in [0.1, 0.15) is 70.8 Å². The summed E-state index contributed by atoms with van der Waals surface area (Å²) in [5.41, 5.74) is 6.30. The highest BCUT2D eigenvalue weighted by molar-refractivity contribution is 6.23. The van der Waals surface area contributed by atoms with Gasteiger partial charge in [0.1, 0.15) is 0 Å². The summed E-state index contributed by atoms with van der Waals surface area (Å²) in [5, 5.41) is 9.22. The summed E-state index contributed by atoms with van der Waals surface area (Å²) in [6, 6.07) is 20.7. The molecule has 4 aliphatic rings. The molecule has 0 saturated carbocycles. The summed E-state index contributed by atoms with van der Waals surface area (Å²) in [6.07, 6.45) is 0. The number of nitrogens with zero attached hydrogens (tertiary/aromatic N) is 1. The predicted octanol–water partition coefficient (Wildman–Crippen LogP) is 5.08. The Morgan fingerprint density at radius 1 is 0.765 bits per heavy atom. The maximum Gasteiger partial charge on any atom is 0.335 e. The van der Waals surface area contributed by atoms with Gasteiger partial charge in [-0.1, -0.05) is 63.2 Å². The predicted molar refractivity (Wildman–Crippen MR) is 128 cm³/mol. The van der Waals surface area contributed by atoms with Crippen LogP contribution in [0.3, 0.4) is 0 Å². The third-order valence-electron chi connectivity index (χ3n) is 7.78. The fourth-order valence-corrected chi connectivity index (χ4v) is 6.20. The molecule has 3 aromatic carbocycles. The lowest BCUT2D eigenvalue weighted by Gasteiger charge is -2.46. The lowest BCUT2D eigenvalue weighted by molar-refractivity contribution is -0.122. The number of carboxylic acids is 1. The SMILES string of the molecule is CC(C)(C)c1ccc2c(c1)C1c3ccccc3C2C2C(=O)N(c3ccc(C(=O)O)cc3)C(=O)C12. The van der Waals surface area contributed by atoms with Gasteiger partial charge in [0, 0.05) is 11.8 Å². The molecule has 5 nitrogen and oxygen atoms in total. The Hall–Kier alpha value is -3.73. The van der Waals surface area contributed by atoms with E-state index in [1.807, 2.05) is 12.1 Å². The van der Waals surface area contributed by atoms with Gasteiger partial charge < -0.3 is 5.11 Å². The highest BCUT2D eigenvalue weighted by atomic mass is 16.4. The molecule has 0 spiro atoms. The van der Waals surface area contributed by atoms with Crippen molar-refractivity contribution >= 4 is 23.5 Å². The minimum absolute atomic E-state index is 0.0297. The second-order valence-electron chi connectivity index (χ2n) is 10.6. The van der Waals surface area contributed by atoms with Crippen LogP contribution in [0.2, 0.25) is 0 Å². The summed E-state index contributed by atoms with van der Waals surface area (Å²) in [4.78, 5) is 40.2. The number of anilines is 1. The number of hydrogen-bond acceptors (Lipinski definition) is 3. The van der Waals surface area contributed by atoms with Crippen molar-refractivity contribution in [3.63, 3.8) is 0 Å². The van der Waals surface area contributed by atoms with Crippen LogP contribution in [-0.4, -0.2) is 22.9 Å². The van der Waals surface area contributed by atoms with E-state index >= 15 is 0 Å². The van der Waals surface area contributed by atoms with Gasteiger partial charge in [0.15, 0.2) is 0 Å². The fourth-order valence-electron chi connectivity index (χ4n) is 6.20. The average molecular weight is 452 g/mol. The normalized spacial score (nSPS) is 24.6. The highest BCUT2D eigenvalue weighted by Crippen LogP contribution is 2.61. The number of benzene rings is 3. The molecule has 3 aromatic rings. The summed E-state index contributed by atoms with van der Waals surface area (Å²) in [5.74, 6) is -2.72. The summed E-state index contributed by atoms with van der Waals surface area (Å²) in [6.45, 7) is 6.54. The molecule has 1 aliphatic heterocycles. The van der Waals surface area contributed by atoms with E-state index in [-0.39, 0.29) is 34.6 Å². The third kappa shape index (κ3) is 2.70. The fraction of sp³-hybridized carbons (Fsp3) is 0.276. The summed E-state index contributed by atoms with van der Waals surface area (Å²) >= 11 is 0. The van der Waals surface area contributed by atoms with Crippen molar-refractivity contribution in [1.82, 2.24) is 0 Å². The Bertz CT molecular complexity index is 1380. The Morgan fingerprint density at radius 2 is 1.29 bits per heavy atom. The Morgan fingerprint density at radius 3 is 1.82 bits per heavy atom. The topological polar surface area (TPSA) is 74.7 Å². The van der Waals surface area contributed by atoms with E-state index in [0.717, 1.165) is 22.3 Å². The first-order chi connectivity index (χ1) is 16.2. The molecule has 2 amide bonds. The van der Waals surface area contributed by atoms with Gasteiger partial charge >= 0.3 is 5.97 Å². The van der Waals surface area contributed by atoms with Gasteiger partial charge in [0.2, 0.25) is 11.8 Å². The Labute approximate surface area is 198 Å². The lowest BCUT2D eigenvalue weighted by Crippen LogP contribution is -2.41. The number of carbonyl (C=O) groups excluding carboxylic acids is 2. The molecule has 1 fully saturated rings. The number of imide groups is 1. The number of amides is 2. The molecule has 34 heavy (non-hydrogen) atoms. The molecule has 4 atom stereocenters. The smallest absolute Gasteiger partial charge is 0.335 e. The molecule has 4 unspecified atom stereocenters. The lowest BCUT2D eigenvalue weighted by atomic mass is 9.54. The van der Waals surface area contributed by atoms with Gasteiger partial charge in [-0.3, -0.25) is 9.59 Å². The van der Waals surface area contributed by atoms with Crippen LogP contribution in [0.25, 0.3) is 0 Å². The van der Waals surface area contributed by atoms with Crippen LogP contribution < -0.4 is 4.90 Å². The molecule has 0 radical (unpaired) electrons. The largest absolute Gasteiger partial charge is 0.478 e. The van der Waals surface area contributed by atoms with Crippen molar-refractivity contribution in [2.24, 2.45) is 11.8 Å². The minimum Gasteiger partial charge on any atom is -0.478 e. The maximum absolute atomic E-state index is 13.8. The molecule has 1 heterocycles. The first-order valence-electron chi connectivity index (χ1n) is 11.6. The minimum atomic E-state index is -1.04. The molecule has 0 aromatic heterocycles. The van der Waals surface area contributed by atoms with Crippen molar-refractivity contribution in [3.05, 3.63) is 100 Å². The molecule has 3 aliphatic carbocycles. The van der Waals surface area contributed by atoms with E-state index in [9.17, 15) is 19.5 Å². The van der Waals surface area contributed by atoms with Crippen LogP contribution in [-0.2, 0) is 15.0 Å². The van der Waals surface area contributed by atoms with Crippen LogP contribution >= 0.6 is 0 Å². The highest BCUT2D eigenvalue weighted by Gasteiger charge is 2.61. The van der Waals surface area contributed by atoms with E-state index in [4.69, 9.17) is 0 Å². The molecule has 7 rings (SSSR count). The van der Waals surface area contributed by atoms with E-state index in [2.05, 4.69) is 51.1 Å². The second kappa shape index (κ2) is 6.89. The molecule has 1 saturated heterocycles.